The average molecular weight is 342 g/mol. The standard InChI is InChI=1S/C20H23NO4/c1-3-9-21(2)10-8-19-17-12-11-16(21)20(19,24)7-6-14(23)18(19)25-15(17)5-4-13(12)22/h3-5,16,18,24H,1,6-11H2,2H3/p+1/t16-,18?,19+,20+,21-/m0/s1. The Bertz CT molecular complexity index is 820. The third-order valence-electron chi connectivity index (χ3n) is 7.47. The van der Waals surface area contributed by atoms with E-state index in [1.54, 1.807) is 12.1 Å². The van der Waals surface area contributed by atoms with Crippen molar-refractivity contribution < 1.29 is 24.2 Å². The molecule has 1 aromatic rings. The first-order valence-corrected chi connectivity index (χ1v) is 9.09. The third kappa shape index (κ3) is 1.51. The summed E-state index contributed by atoms with van der Waals surface area (Å²) in [5, 5.41) is 22.6. The van der Waals surface area contributed by atoms with E-state index in [2.05, 4.69) is 13.6 Å². The number of likely N-dealkylation sites (tertiary alicyclic amines) is 1. The molecule has 2 heterocycles. The van der Waals surface area contributed by atoms with Crippen LogP contribution in [0.2, 0.25) is 0 Å². The highest BCUT2D eigenvalue weighted by Crippen LogP contribution is 2.65. The number of likely N-dealkylation sites (N-methyl/N-ethyl adjacent to an activating group) is 1. The predicted octanol–water partition coefficient (Wildman–Crippen LogP) is 1.45. The van der Waals surface area contributed by atoms with Crippen LogP contribution in [0.15, 0.2) is 24.8 Å². The maximum atomic E-state index is 12.7. The van der Waals surface area contributed by atoms with Crippen LogP contribution < -0.4 is 4.74 Å². The molecule has 2 N–H and O–H groups in total. The summed E-state index contributed by atoms with van der Waals surface area (Å²) in [6, 6.07) is 3.33. The molecule has 4 aliphatic rings. The number of quaternary nitrogens is 1. The highest BCUT2D eigenvalue weighted by atomic mass is 16.5. The molecule has 0 amide bonds. The van der Waals surface area contributed by atoms with E-state index in [0.717, 1.165) is 24.2 Å². The van der Waals surface area contributed by atoms with Crippen molar-refractivity contribution in [3.05, 3.63) is 35.9 Å². The van der Waals surface area contributed by atoms with E-state index < -0.39 is 17.1 Å². The van der Waals surface area contributed by atoms with Crippen molar-refractivity contribution in [3.8, 4) is 11.5 Å². The quantitative estimate of drug-likeness (QED) is 0.631. The monoisotopic (exact) mass is 342 g/mol. The van der Waals surface area contributed by atoms with Gasteiger partial charge < -0.3 is 19.4 Å². The molecular formula is C20H24NO4+. The van der Waals surface area contributed by atoms with Crippen molar-refractivity contribution in [1.82, 2.24) is 0 Å². The zero-order chi connectivity index (χ0) is 17.6. The zero-order valence-corrected chi connectivity index (χ0v) is 14.5. The summed E-state index contributed by atoms with van der Waals surface area (Å²) in [7, 11) is 2.16. The third-order valence-corrected chi connectivity index (χ3v) is 7.47. The van der Waals surface area contributed by atoms with Gasteiger partial charge >= 0.3 is 0 Å². The molecule has 5 rings (SSSR count). The van der Waals surface area contributed by atoms with Crippen molar-refractivity contribution in [2.24, 2.45) is 0 Å². The van der Waals surface area contributed by atoms with Gasteiger partial charge in [-0.05, 0) is 24.6 Å². The minimum Gasteiger partial charge on any atom is -0.508 e. The molecule has 2 fully saturated rings. The Balaban J connectivity index is 1.83. The Hall–Kier alpha value is -1.85. The molecule has 132 valence electrons. The molecule has 1 spiro atoms. The van der Waals surface area contributed by atoms with E-state index in [1.165, 1.54) is 0 Å². The molecule has 5 nitrogen and oxygen atoms in total. The number of ether oxygens (including phenoxy) is 1. The highest BCUT2D eigenvalue weighted by Gasteiger charge is 2.76. The number of nitrogens with zero attached hydrogens (tertiary/aromatic N) is 1. The van der Waals surface area contributed by atoms with E-state index in [9.17, 15) is 15.0 Å². The Kier molecular flexibility index (Phi) is 2.75. The van der Waals surface area contributed by atoms with Gasteiger partial charge in [-0.25, -0.2) is 0 Å². The van der Waals surface area contributed by atoms with Gasteiger partial charge in [-0.3, -0.25) is 4.79 Å². The molecule has 0 radical (unpaired) electrons. The van der Waals surface area contributed by atoms with Crippen molar-refractivity contribution in [2.45, 2.75) is 48.8 Å². The Labute approximate surface area is 147 Å². The van der Waals surface area contributed by atoms with Gasteiger partial charge in [0, 0.05) is 30.4 Å². The topological polar surface area (TPSA) is 66.8 Å². The second kappa shape index (κ2) is 4.46. The van der Waals surface area contributed by atoms with Crippen molar-refractivity contribution >= 4 is 5.78 Å². The summed E-state index contributed by atoms with van der Waals surface area (Å²) in [5.41, 5.74) is 0.0490. The van der Waals surface area contributed by atoms with Gasteiger partial charge in [0.15, 0.2) is 11.9 Å². The van der Waals surface area contributed by atoms with Crippen molar-refractivity contribution in [2.75, 3.05) is 20.1 Å². The van der Waals surface area contributed by atoms with Gasteiger partial charge in [-0.15, -0.1) is 0 Å². The smallest absolute Gasteiger partial charge is 0.174 e. The van der Waals surface area contributed by atoms with Crippen LogP contribution in [-0.4, -0.2) is 58.4 Å². The van der Waals surface area contributed by atoms with Crippen LogP contribution in [0.1, 0.15) is 30.4 Å². The number of hydrogen-bond donors (Lipinski definition) is 2. The first kappa shape index (κ1) is 15.4. The normalized spacial score (nSPS) is 43.4. The number of carbonyl (C=O) groups excluding carboxylic acids is 1. The average Bonchev–Trinajstić information content (AvgIpc) is 2.91. The van der Waals surface area contributed by atoms with Gasteiger partial charge in [0.1, 0.15) is 23.1 Å². The molecule has 2 aliphatic heterocycles. The highest BCUT2D eigenvalue weighted by molar-refractivity contribution is 5.89. The number of Topliss-reactive ketones (excluding diaryl/α,β-unsaturated/α-hetero) is 1. The molecule has 25 heavy (non-hydrogen) atoms. The summed E-state index contributed by atoms with van der Waals surface area (Å²) in [5.74, 6) is 0.996. The van der Waals surface area contributed by atoms with Crippen LogP contribution in [0.5, 0.6) is 11.5 Å². The number of aliphatic hydroxyl groups is 1. The lowest BCUT2D eigenvalue weighted by molar-refractivity contribution is -0.944. The number of benzene rings is 1. The molecule has 1 saturated heterocycles. The fourth-order valence-electron chi connectivity index (χ4n) is 6.36. The molecule has 1 unspecified atom stereocenters. The van der Waals surface area contributed by atoms with Crippen molar-refractivity contribution in [3.63, 3.8) is 0 Å². The molecular weight excluding hydrogens is 318 g/mol. The second-order valence-electron chi connectivity index (χ2n) is 8.44. The van der Waals surface area contributed by atoms with Gasteiger partial charge in [0.2, 0.25) is 0 Å². The minimum absolute atomic E-state index is 0.0757. The van der Waals surface area contributed by atoms with Gasteiger partial charge in [0.05, 0.1) is 25.6 Å². The number of phenols is 1. The number of rotatable bonds is 2. The summed E-state index contributed by atoms with van der Waals surface area (Å²) in [6.45, 7) is 5.53. The first-order valence-electron chi connectivity index (χ1n) is 9.09. The maximum absolute atomic E-state index is 12.7. The van der Waals surface area contributed by atoms with Gasteiger partial charge in [0.25, 0.3) is 0 Å². The molecule has 0 aromatic heterocycles. The summed E-state index contributed by atoms with van der Waals surface area (Å²) >= 11 is 0. The Morgan fingerprint density at radius 2 is 2.24 bits per heavy atom. The Morgan fingerprint density at radius 1 is 1.44 bits per heavy atom. The molecule has 2 aliphatic carbocycles. The van der Waals surface area contributed by atoms with Crippen molar-refractivity contribution in [1.29, 1.82) is 0 Å². The molecule has 2 bridgehead atoms. The number of piperidine rings is 1. The lowest BCUT2D eigenvalue weighted by atomic mass is 9.48. The molecule has 5 heteroatoms. The van der Waals surface area contributed by atoms with E-state index in [-0.39, 0.29) is 17.6 Å². The summed E-state index contributed by atoms with van der Waals surface area (Å²) in [6.07, 6.45) is 3.39. The summed E-state index contributed by atoms with van der Waals surface area (Å²) < 4.78 is 6.78. The lowest BCUT2D eigenvalue weighted by Crippen LogP contribution is -2.80. The van der Waals surface area contributed by atoms with E-state index >= 15 is 0 Å². The number of phenolic OH excluding ortho intramolecular Hbond substituents is 1. The van der Waals surface area contributed by atoms with Crippen LogP contribution in [0.25, 0.3) is 0 Å². The fourth-order valence-corrected chi connectivity index (χ4v) is 6.36. The van der Waals surface area contributed by atoms with E-state index in [0.29, 0.717) is 35.9 Å². The van der Waals surface area contributed by atoms with E-state index in [1.807, 2.05) is 6.08 Å². The first-order chi connectivity index (χ1) is 11.9. The number of aromatic hydroxyl groups is 1. The van der Waals surface area contributed by atoms with Gasteiger partial charge in [-0.1, -0.05) is 6.58 Å². The zero-order valence-electron chi connectivity index (χ0n) is 14.5. The van der Waals surface area contributed by atoms with Crippen LogP contribution in [0.3, 0.4) is 0 Å². The molecule has 5 atom stereocenters. The fraction of sp³-hybridized carbons (Fsp3) is 0.550. The second-order valence-corrected chi connectivity index (χ2v) is 8.44. The number of carbonyl (C=O) groups is 1. The maximum Gasteiger partial charge on any atom is 0.174 e. The SMILES string of the molecule is C=CC[N@@+]1(C)CC[C@]23c4c5ccc(O)c4C[C@H]1[C@]2(O)CCC(=O)C3O5. The lowest BCUT2D eigenvalue weighted by Gasteiger charge is -2.64. The largest absolute Gasteiger partial charge is 0.508 e. The van der Waals surface area contributed by atoms with E-state index in [4.69, 9.17) is 4.74 Å². The molecule has 1 saturated carbocycles. The number of hydrogen-bond acceptors (Lipinski definition) is 4. The van der Waals surface area contributed by atoms with Gasteiger partial charge in [-0.2, -0.15) is 0 Å². The summed E-state index contributed by atoms with van der Waals surface area (Å²) in [4.78, 5) is 12.7. The van der Waals surface area contributed by atoms with Crippen LogP contribution in [0, 0.1) is 0 Å². The van der Waals surface area contributed by atoms with Crippen LogP contribution in [0.4, 0.5) is 0 Å². The van der Waals surface area contributed by atoms with Crippen LogP contribution in [-0.2, 0) is 16.6 Å². The number of ketones is 1. The minimum atomic E-state index is -0.992. The predicted molar refractivity (Wildman–Crippen MR) is 91.6 cm³/mol. The Morgan fingerprint density at radius 3 is 3.00 bits per heavy atom. The molecule has 1 aromatic carbocycles. The van der Waals surface area contributed by atoms with Crippen LogP contribution >= 0.6 is 0 Å².